The minimum atomic E-state index is -0.266. The average Bonchev–Trinajstić information content (AvgIpc) is 3.17. The average molecular weight is 390 g/mol. The molecule has 1 fully saturated rings. The second-order valence-electron chi connectivity index (χ2n) is 6.75. The number of nitrogens with zero attached hydrogens (tertiary/aromatic N) is 3. The van der Waals surface area contributed by atoms with E-state index in [2.05, 4.69) is 17.1 Å². The first-order valence-corrected chi connectivity index (χ1v) is 10.5. The molecule has 0 saturated heterocycles. The first-order valence-electron chi connectivity index (χ1n) is 9.58. The molecule has 0 spiro atoms. The lowest BCUT2D eigenvalue weighted by Gasteiger charge is -2.34. The minimum Gasteiger partial charge on any atom is -0.496 e. The van der Waals surface area contributed by atoms with Crippen molar-refractivity contribution in [2.45, 2.75) is 62.5 Å². The summed E-state index contributed by atoms with van der Waals surface area (Å²) in [4.78, 5) is 15.0. The molecule has 1 amide bonds. The number of benzene rings is 1. The Bertz CT molecular complexity index is 758. The van der Waals surface area contributed by atoms with Gasteiger partial charge < -0.3 is 14.1 Å². The second-order valence-corrected chi connectivity index (χ2v) is 8.04. The molecule has 0 bridgehead atoms. The molecule has 6 nitrogen and oxygen atoms in total. The van der Waals surface area contributed by atoms with Gasteiger partial charge in [0.1, 0.15) is 5.75 Å². The number of methoxy groups -OCH3 is 1. The van der Waals surface area contributed by atoms with Crippen molar-refractivity contribution in [3.05, 3.63) is 24.3 Å². The number of aromatic nitrogens is 2. The lowest BCUT2D eigenvalue weighted by Crippen LogP contribution is -2.44. The highest BCUT2D eigenvalue weighted by molar-refractivity contribution is 8.00. The van der Waals surface area contributed by atoms with Crippen molar-refractivity contribution < 1.29 is 13.9 Å². The molecule has 1 saturated carbocycles. The topological polar surface area (TPSA) is 68.5 Å². The van der Waals surface area contributed by atoms with Crippen LogP contribution in [-0.2, 0) is 4.79 Å². The van der Waals surface area contributed by atoms with Crippen LogP contribution in [0.1, 0.15) is 46.0 Å². The Morgan fingerprint density at radius 1 is 1.30 bits per heavy atom. The summed E-state index contributed by atoms with van der Waals surface area (Å²) in [5, 5.41) is 8.36. The van der Waals surface area contributed by atoms with Gasteiger partial charge in [0, 0.05) is 12.6 Å². The van der Waals surface area contributed by atoms with Crippen LogP contribution in [0.2, 0.25) is 0 Å². The van der Waals surface area contributed by atoms with Gasteiger partial charge in [-0.2, -0.15) is 0 Å². The molecule has 146 valence electrons. The van der Waals surface area contributed by atoms with Crippen molar-refractivity contribution in [1.82, 2.24) is 15.1 Å². The summed E-state index contributed by atoms with van der Waals surface area (Å²) >= 11 is 1.32. The Hall–Kier alpha value is -2.02. The lowest BCUT2D eigenvalue weighted by molar-refractivity contribution is -0.133. The van der Waals surface area contributed by atoms with Gasteiger partial charge >= 0.3 is 0 Å². The molecule has 1 aliphatic rings. The first kappa shape index (κ1) is 19.7. The van der Waals surface area contributed by atoms with Crippen molar-refractivity contribution in [3.8, 4) is 17.2 Å². The van der Waals surface area contributed by atoms with E-state index >= 15 is 0 Å². The molecule has 3 rings (SSSR count). The summed E-state index contributed by atoms with van der Waals surface area (Å²) in [5.74, 6) is 1.22. The number of carbonyl (C=O) groups excluding carboxylic acids is 1. The molecular formula is C20H27N3O3S. The molecule has 1 atom stereocenters. The number of carbonyl (C=O) groups is 1. The Morgan fingerprint density at radius 3 is 2.74 bits per heavy atom. The van der Waals surface area contributed by atoms with Crippen molar-refractivity contribution in [1.29, 1.82) is 0 Å². The summed E-state index contributed by atoms with van der Waals surface area (Å²) in [7, 11) is 1.61. The highest BCUT2D eigenvalue weighted by Crippen LogP contribution is 2.32. The summed E-state index contributed by atoms with van der Waals surface area (Å²) < 4.78 is 11.1. The fraction of sp³-hybridized carbons (Fsp3) is 0.550. The number of para-hydroxylation sites is 1. The van der Waals surface area contributed by atoms with E-state index in [0.29, 0.717) is 22.9 Å². The lowest BCUT2D eigenvalue weighted by atomic mass is 9.94. The summed E-state index contributed by atoms with van der Waals surface area (Å²) in [6.07, 6.45) is 5.91. The molecule has 7 heteroatoms. The highest BCUT2D eigenvalue weighted by atomic mass is 32.2. The van der Waals surface area contributed by atoms with E-state index in [1.54, 1.807) is 7.11 Å². The monoisotopic (exact) mass is 389 g/mol. The molecule has 1 aromatic carbocycles. The van der Waals surface area contributed by atoms with E-state index in [4.69, 9.17) is 9.15 Å². The molecule has 2 aromatic rings. The van der Waals surface area contributed by atoms with Crippen LogP contribution < -0.4 is 4.74 Å². The van der Waals surface area contributed by atoms with Crippen molar-refractivity contribution >= 4 is 17.7 Å². The zero-order chi connectivity index (χ0) is 19.2. The van der Waals surface area contributed by atoms with Crippen molar-refractivity contribution in [2.24, 2.45) is 0 Å². The third-order valence-corrected chi connectivity index (χ3v) is 5.93. The molecule has 0 aliphatic heterocycles. The number of amides is 1. The summed E-state index contributed by atoms with van der Waals surface area (Å²) in [6, 6.07) is 7.87. The van der Waals surface area contributed by atoms with Gasteiger partial charge in [-0.25, -0.2) is 0 Å². The fourth-order valence-electron chi connectivity index (χ4n) is 3.61. The third-order valence-electron chi connectivity index (χ3n) is 5.01. The van der Waals surface area contributed by atoms with Crippen LogP contribution in [0.4, 0.5) is 0 Å². The minimum absolute atomic E-state index is 0.145. The molecule has 1 heterocycles. The smallest absolute Gasteiger partial charge is 0.277 e. The SMILES string of the molecule is CCN(C(=O)C(C)Sc1nnc(-c2ccccc2OC)o1)C1CCCCC1. The predicted molar refractivity (Wildman–Crippen MR) is 106 cm³/mol. The summed E-state index contributed by atoms with van der Waals surface area (Å²) in [6.45, 7) is 4.70. The molecule has 1 aliphatic carbocycles. The molecule has 0 radical (unpaired) electrons. The van der Waals surface area contributed by atoms with Crippen LogP contribution in [-0.4, -0.2) is 46.0 Å². The van der Waals surface area contributed by atoms with E-state index in [0.717, 1.165) is 24.9 Å². The van der Waals surface area contributed by atoms with Gasteiger partial charge in [0.2, 0.25) is 5.91 Å². The van der Waals surface area contributed by atoms with Crippen LogP contribution in [0.25, 0.3) is 11.5 Å². The van der Waals surface area contributed by atoms with Gasteiger partial charge in [0.25, 0.3) is 11.1 Å². The van der Waals surface area contributed by atoms with Gasteiger partial charge in [-0.05, 0) is 38.8 Å². The van der Waals surface area contributed by atoms with E-state index in [1.165, 1.54) is 31.0 Å². The van der Waals surface area contributed by atoms with Gasteiger partial charge in [-0.1, -0.05) is 43.2 Å². The Balaban J connectivity index is 1.68. The predicted octanol–water partition coefficient (Wildman–Crippen LogP) is 4.41. The Labute approximate surface area is 164 Å². The normalized spacial score (nSPS) is 16.1. The standard InChI is InChI=1S/C20H27N3O3S/c1-4-23(15-10-6-5-7-11-15)19(24)14(2)27-20-22-21-18(26-20)16-12-8-9-13-17(16)25-3/h8-9,12-15H,4-7,10-11H2,1-3H3. The van der Waals surface area contributed by atoms with E-state index in [1.807, 2.05) is 36.1 Å². The van der Waals surface area contributed by atoms with Gasteiger partial charge in [-0.3, -0.25) is 4.79 Å². The number of ether oxygens (including phenoxy) is 1. The van der Waals surface area contributed by atoms with Gasteiger partial charge in [-0.15, -0.1) is 10.2 Å². The zero-order valence-corrected chi connectivity index (χ0v) is 17.0. The van der Waals surface area contributed by atoms with Crippen LogP contribution in [0, 0.1) is 0 Å². The van der Waals surface area contributed by atoms with Gasteiger partial charge in [0.15, 0.2) is 0 Å². The van der Waals surface area contributed by atoms with Crippen LogP contribution >= 0.6 is 11.8 Å². The fourth-order valence-corrected chi connectivity index (χ4v) is 4.36. The maximum atomic E-state index is 13.0. The zero-order valence-electron chi connectivity index (χ0n) is 16.2. The van der Waals surface area contributed by atoms with Crippen molar-refractivity contribution in [3.63, 3.8) is 0 Å². The number of thioether (sulfide) groups is 1. The van der Waals surface area contributed by atoms with Crippen LogP contribution in [0.5, 0.6) is 5.75 Å². The van der Waals surface area contributed by atoms with E-state index in [9.17, 15) is 4.79 Å². The molecule has 1 unspecified atom stereocenters. The van der Waals surface area contributed by atoms with Crippen molar-refractivity contribution in [2.75, 3.05) is 13.7 Å². The van der Waals surface area contributed by atoms with E-state index < -0.39 is 0 Å². The number of rotatable bonds is 7. The molecule has 1 aromatic heterocycles. The highest BCUT2D eigenvalue weighted by Gasteiger charge is 2.29. The van der Waals surface area contributed by atoms with E-state index in [-0.39, 0.29) is 11.2 Å². The quantitative estimate of drug-likeness (QED) is 0.654. The molecule has 0 N–H and O–H groups in total. The second kappa shape index (κ2) is 9.26. The molecular weight excluding hydrogens is 362 g/mol. The largest absolute Gasteiger partial charge is 0.496 e. The van der Waals surface area contributed by atoms with Crippen LogP contribution in [0.3, 0.4) is 0 Å². The Morgan fingerprint density at radius 2 is 2.04 bits per heavy atom. The maximum absolute atomic E-state index is 13.0. The third kappa shape index (κ3) is 4.64. The Kier molecular flexibility index (Phi) is 6.77. The summed E-state index contributed by atoms with van der Waals surface area (Å²) in [5.41, 5.74) is 0.746. The molecule has 27 heavy (non-hydrogen) atoms. The number of hydrogen-bond acceptors (Lipinski definition) is 6. The number of hydrogen-bond donors (Lipinski definition) is 0. The van der Waals surface area contributed by atoms with Gasteiger partial charge in [0.05, 0.1) is 17.9 Å². The maximum Gasteiger partial charge on any atom is 0.277 e. The van der Waals surface area contributed by atoms with Crippen LogP contribution in [0.15, 0.2) is 33.9 Å². The first-order chi connectivity index (χ1) is 13.1.